The molecule has 1 heterocycles. The Kier molecular flexibility index (Phi) is 3.83. The van der Waals surface area contributed by atoms with Gasteiger partial charge in [-0.25, -0.2) is 4.79 Å². The minimum Gasteiger partial charge on any atom is -0.481 e. The number of amides is 2. The van der Waals surface area contributed by atoms with Gasteiger partial charge in [0.15, 0.2) is 0 Å². The van der Waals surface area contributed by atoms with Gasteiger partial charge in [-0.15, -0.1) is 6.58 Å². The van der Waals surface area contributed by atoms with E-state index in [-0.39, 0.29) is 6.03 Å². The molecule has 1 atom stereocenters. The lowest BCUT2D eigenvalue weighted by molar-refractivity contribution is -0.150. The fourth-order valence-corrected chi connectivity index (χ4v) is 2.67. The van der Waals surface area contributed by atoms with Crippen LogP contribution in [-0.4, -0.2) is 52.6 Å². The van der Waals surface area contributed by atoms with Crippen molar-refractivity contribution in [1.29, 1.82) is 0 Å². The molecule has 2 fully saturated rings. The molecule has 0 spiro atoms. The number of nitrogens with zero attached hydrogens (tertiary/aromatic N) is 2. The maximum atomic E-state index is 12.5. The van der Waals surface area contributed by atoms with E-state index >= 15 is 0 Å². The lowest BCUT2D eigenvalue weighted by Gasteiger charge is -2.39. The van der Waals surface area contributed by atoms with Crippen LogP contribution in [0.5, 0.6) is 0 Å². The summed E-state index contributed by atoms with van der Waals surface area (Å²) >= 11 is 0. The van der Waals surface area contributed by atoms with Gasteiger partial charge in [-0.05, 0) is 32.6 Å². The molecule has 19 heavy (non-hydrogen) atoms. The zero-order valence-corrected chi connectivity index (χ0v) is 11.5. The summed E-state index contributed by atoms with van der Waals surface area (Å²) in [4.78, 5) is 27.3. The van der Waals surface area contributed by atoms with Crippen molar-refractivity contribution in [3.63, 3.8) is 0 Å². The van der Waals surface area contributed by atoms with Gasteiger partial charge in [0, 0.05) is 25.7 Å². The molecule has 0 aromatic carbocycles. The quantitative estimate of drug-likeness (QED) is 0.791. The van der Waals surface area contributed by atoms with Gasteiger partial charge in [0.1, 0.15) is 0 Å². The minimum atomic E-state index is -0.813. The third kappa shape index (κ3) is 2.91. The molecule has 0 radical (unpaired) electrons. The second kappa shape index (κ2) is 5.23. The van der Waals surface area contributed by atoms with Gasteiger partial charge < -0.3 is 14.9 Å². The van der Waals surface area contributed by atoms with Crippen molar-refractivity contribution >= 4 is 12.0 Å². The summed E-state index contributed by atoms with van der Waals surface area (Å²) < 4.78 is 0. The largest absolute Gasteiger partial charge is 0.481 e. The molecule has 2 rings (SSSR count). The zero-order chi connectivity index (χ0) is 14.0. The van der Waals surface area contributed by atoms with Crippen molar-refractivity contribution in [2.75, 3.05) is 19.6 Å². The smallest absolute Gasteiger partial charge is 0.320 e. The molecule has 2 aliphatic rings. The third-order valence-corrected chi connectivity index (χ3v) is 4.04. The van der Waals surface area contributed by atoms with Gasteiger partial charge in [0.05, 0.1) is 5.41 Å². The number of carboxylic acid groups (broad SMARTS) is 1. The van der Waals surface area contributed by atoms with Crippen LogP contribution in [0, 0.1) is 5.41 Å². The van der Waals surface area contributed by atoms with Gasteiger partial charge >= 0.3 is 12.0 Å². The standard InChI is InChI=1S/C14H22N2O3/c1-3-8-16(11-5-6-11)13(19)15-9-4-7-14(2,10-15)12(17)18/h3,11H,1,4-10H2,2H3,(H,17,18). The van der Waals surface area contributed by atoms with Crippen LogP contribution in [0.25, 0.3) is 0 Å². The summed E-state index contributed by atoms with van der Waals surface area (Å²) in [7, 11) is 0. The Labute approximate surface area is 113 Å². The number of likely N-dealkylation sites (tertiary alicyclic amines) is 1. The summed E-state index contributed by atoms with van der Waals surface area (Å²) in [6, 6.07) is 0.290. The van der Waals surface area contributed by atoms with Crippen molar-refractivity contribution in [1.82, 2.24) is 9.80 Å². The third-order valence-electron chi connectivity index (χ3n) is 4.04. The van der Waals surface area contributed by atoms with Gasteiger partial charge in [0.2, 0.25) is 0 Å². The average molecular weight is 266 g/mol. The van der Waals surface area contributed by atoms with E-state index in [0.717, 1.165) is 19.3 Å². The van der Waals surface area contributed by atoms with Gasteiger partial charge in [0.25, 0.3) is 0 Å². The molecule has 1 unspecified atom stereocenters. The first-order valence-corrected chi connectivity index (χ1v) is 6.88. The van der Waals surface area contributed by atoms with E-state index in [9.17, 15) is 14.7 Å². The number of hydrogen-bond acceptors (Lipinski definition) is 2. The number of urea groups is 1. The van der Waals surface area contributed by atoms with Crippen LogP contribution >= 0.6 is 0 Å². The number of hydrogen-bond donors (Lipinski definition) is 1. The first-order valence-electron chi connectivity index (χ1n) is 6.88. The van der Waals surface area contributed by atoms with Crippen molar-refractivity contribution < 1.29 is 14.7 Å². The van der Waals surface area contributed by atoms with E-state index in [1.165, 1.54) is 0 Å². The lowest BCUT2D eigenvalue weighted by atomic mass is 9.82. The predicted octanol–water partition coefficient (Wildman–Crippen LogP) is 1.94. The van der Waals surface area contributed by atoms with Gasteiger partial charge in [-0.2, -0.15) is 0 Å². The highest BCUT2D eigenvalue weighted by Crippen LogP contribution is 2.32. The van der Waals surface area contributed by atoms with Crippen LogP contribution in [0.1, 0.15) is 32.6 Å². The number of rotatable bonds is 4. The molecule has 2 amide bonds. The Morgan fingerprint density at radius 3 is 2.74 bits per heavy atom. The van der Waals surface area contributed by atoms with E-state index in [0.29, 0.717) is 32.1 Å². The monoisotopic (exact) mass is 266 g/mol. The highest BCUT2D eigenvalue weighted by Gasteiger charge is 2.42. The molecule has 1 aliphatic carbocycles. The maximum Gasteiger partial charge on any atom is 0.320 e. The van der Waals surface area contributed by atoms with E-state index in [1.54, 1.807) is 17.9 Å². The molecule has 1 saturated heterocycles. The first-order chi connectivity index (χ1) is 8.98. The SMILES string of the molecule is C=CCN(C(=O)N1CCCC(C)(C(=O)O)C1)C1CC1. The van der Waals surface area contributed by atoms with Gasteiger partial charge in [-0.1, -0.05) is 6.08 Å². The second-order valence-corrected chi connectivity index (χ2v) is 5.85. The summed E-state index contributed by atoms with van der Waals surface area (Å²) in [5.41, 5.74) is -0.808. The van der Waals surface area contributed by atoms with E-state index in [2.05, 4.69) is 6.58 Å². The second-order valence-electron chi connectivity index (χ2n) is 5.85. The normalized spacial score (nSPS) is 26.9. The van der Waals surface area contributed by atoms with Crippen LogP contribution in [-0.2, 0) is 4.79 Å². The van der Waals surface area contributed by atoms with Crippen LogP contribution in [0.3, 0.4) is 0 Å². The topological polar surface area (TPSA) is 60.9 Å². The minimum absolute atomic E-state index is 0.0328. The molecule has 0 aromatic heterocycles. The molecule has 0 bridgehead atoms. The molecule has 1 N–H and O–H groups in total. The zero-order valence-electron chi connectivity index (χ0n) is 11.5. The first kappa shape index (κ1) is 13.9. The summed E-state index contributed by atoms with van der Waals surface area (Å²) in [5.74, 6) is -0.813. The van der Waals surface area contributed by atoms with Gasteiger partial charge in [-0.3, -0.25) is 4.79 Å². The molecule has 1 saturated carbocycles. The Morgan fingerprint density at radius 1 is 1.53 bits per heavy atom. The number of carbonyl (C=O) groups excluding carboxylic acids is 1. The highest BCUT2D eigenvalue weighted by atomic mass is 16.4. The molecular weight excluding hydrogens is 244 g/mol. The summed E-state index contributed by atoms with van der Waals surface area (Å²) in [6.07, 6.45) is 5.21. The number of carboxylic acids is 1. The molecule has 0 aromatic rings. The molecule has 106 valence electrons. The lowest BCUT2D eigenvalue weighted by Crippen LogP contribution is -2.53. The molecule has 1 aliphatic heterocycles. The van der Waals surface area contributed by atoms with Crippen LogP contribution in [0.15, 0.2) is 12.7 Å². The van der Waals surface area contributed by atoms with Crippen LogP contribution < -0.4 is 0 Å². The fourth-order valence-electron chi connectivity index (χ4n) is 2.67. The van der Waals surface area contributed by atoms with Crippen molar-refractivity contribution in [3.8, 4) is 0 Å². The van der Waals surface area contributed by atoms with Crippen molar-refractivity contribution in [3.05, 3.63) is 12.7 Å². The predicted molar refractivity (Wildman–Crippen MR) is 71.9 cm³/mol. The van der Waals surface area contributed by atoms with E-state index in [4.69, 9.17) is 0 Å². The Bertz CT molecular complexity index is 392. The van der Waals surface area contributed by atoms with E-state index < -0.39 is 11.4 Å². The molecular formula is C14H22N2O3. The number of piperidine rings is 1. The fraction of sp³-hybridized carbons (Fsp3) is 0.714. The van der Waals surface area contributed by atoms with E-state index in [1.807, 2.05) is 4.90 Å². The summed E-state index contributed by atoms with van der Waals surface area (Å²) in [5, 5.41) is 9.29. The van der Waals surface area contributed by atoms with Crippen molar-refractivity contribution in [2.24, 2.45) is 5.41 Å². The van der Waals surface area contributed by atoms with Crippen LogP contribution in [0.2, 0.25) is 0 Å². The average Bonchev–Trinajstić information content (AvgIpc) is 3.19. The van der Waals surface area contributed by atoms with Crippen molar-refractivity contribution in [2.45, 2.75) is 38.6 Å². The Balaban J connectivity index is 2.05. The maximum absolute atomic E-state index is 12.5. The summed E-state index contributed by atoms with van der Waals surface area (Å²) in [6.45, 7) is 6.92. The molecule has 5 nitrogen and oxygen atoms in total. The Hall–Kier alpha value is -1.52. The number of carbonyl (C=O) groups is 2. The Morgan fingerprint density at radius 2 is 2.21 bits per heavy atom. The number of aliphatic carboxylic acids is 1. The van der Waals surface area contributed by atoms with Crippen LogP contribution in [0.4, 0.5) is 4.79 Å². The highest BCUT2D eigenvalue weighted by molar-refractivity contribution is 5.79. The molecule has 5 heteroatoms.